The van der Waals surface area contributed by atoms with Crippen LogP contribution in [0.3, 0.4) is 0 Å². The van der Waals surface area contributed by atoms with Crippen molar-refractivity contribution in [1.29, 1.82) is 0 Å². The first-order valence-corrected chi connectivity index (χ1v) is 13.3. The number of rotatable bonds is 9. The van der Waals surface area contributed by atoms with Gasteiger partial charge in [0.25, 0.3) is 0 Å². The Morgan fingerprint density at radius 1 is 0.971 bits per heavy atom. The normalized spacial score (nSPS) is 11.2. The van der Waals surface area contributed by atoms with Gasteiger partial charge in [-0.25, -0.2) is 0 Å². The SMILES string of the molecule is CC(C)(C)c1ccc(C(=O)c2cccc(NC(=S)NCCCSCc3ccc(Cl)cc3)c2)cc1. The molecular formula is C28H31ClN2OS2. The Kier molecular flexibility index (Phi) is 9.57. The van der Waals surface area contributed by atoms with E-state index < -0.39 is 0 Å². The van der Waals surface area contributed by atoms with Crippen molar-refractivity contribution in [3.05, 3.63) is 100 Å². The Morgan fingerprint density at radius 3 is 2.35 bits per heavy atom. The fourth-order valence-electron chi connectivity index (χ4n) is 3.35. The predicted molar refractivity (Wildman–Crippen MR) is 151 cm³/mol. The molecule has 0 aromatic heterocycles. The van der Waals surface area contributed by atoms with E-state index in [0.717, 1.165) is 35.2 Å². The number of carbonyl (C=O) groups excluding carboxylic acids is 1. The van der Waals surface area contributed by atoms with Crippen molar-refractivity contribution in [3.8, 4) is 0 Å². The molecule has 178 valence electrons. The van der Waals surface area contributed by atoms with E-state index in [-0.39, 0.29) is 11.2 Å². The standard InChI is InChI=1S/C28H31ClN2OS2/c1-28(2,3)23-12-10-21(11-13-23)26(32)22-6-4-7-25(18-22)31-27(33)30-16-5-17-34-19-20-8-14-24(29)15-9-20/h4,6-15,18H,5,16-17,19H2,1-3H3,(H2,30,31,33). The first-order chi connectivity index (χ1) is 16.2. The van der Waals surface area contributed by atoms with Gasteiger partial charge in [0.05, 0.1) is 0 Å². The van der Waals surface area contributed by atoms with E-state index in [1.165, 1.54) is 11.1 Å². The number of hydrogen-bond donors (Lipinski definition) is 2. The number of thioether (sulfide) groups is 1. The van der Waals surface area contributed by atoms with Crippen molar-refractivity contribution in [2.45, 2.75) is 38.4 Å². The molecule has 3 rings (SSSR count). The summed E-state index contributed by atoms with van der Waals surface area (Å²) in [6.07, 6.45) is 1.00. The molecule has 34 heavy (non-hydrogen) atoms. The van der Waals surface area contributed by atoms with Gasteiger partial charge in [-0.3, -0.25) is 4.79 Å². The maximum Gasteiger partial charge on any atom is 0.193 e. The summed E-state index contributed by atoms with van der Waals surface area (Å²) in [5.74, 6) is 2.01. The Bertz CT molecular complexity index is 1110. The molecule has 0 spiro atoms. The lowest BCUT2D eigenvalue weighted by molar-refractivity contribution is 0.103. The monoisotopic (exact) mass is 510 g/mol. The topological polar surface area (TPSA) is 41.1 Å². The van der Waals surface area contributed by atoms with Crippen molar-refractivity contribution in [2.75, 3.05) is 17.6 Å². The van der Waals surface area contributed by atoms with E-state index in [1.807, 2.05) is 72.4 Å². The Labute approximate surface area is 217 Å². The average molecular weight is 511 g/mol. The van der Waals surface area contributed by atoms with Crippen molar-refractivity contribution >= 4 is 52.2 Å². The van der Waals surface area contributed by atoms with E-state index in [1.54, 1.807) is 0 Å². The van der Waals surface area contributed by atoms with Gasteiger partial charge in [0.15, 0.2) is 10.9 Å². The van der Waals surface area contributed by atoms with E-state index >= 15 is 0 Å². The summed E-state index contributed by atoms with van der Waals surface area (Å²) in [5, 5.41) is 7.76. The number of halogens is 1. The van der Waals surface area contributed by atoms with Gasteiger partial charge >= 0.3 is 0 Å². The predicted octanol–water partition coefficient (Wildman–Crippen LogP) is 7.48. The van der Waals surface area contributed by atoms with Crippen LogP contribution in [0.1, 0.15) is 54.2 Å². The van der Waals surface area contributed by atoms with Crippen LogP contribution >= 0.6 is 35.6 Å². The fourth-order valence-corrected chi connectivity index (χ4v) is 4.62. The summed E-state index contributed by atoms with van der Waals surface area (Å²) in [4.78, 5) is 13.0. The smallest absolute Gasteiger partial charge is 0.193 e. The van der Waals surface area contributed by atoms with E-state index in [9.17, 15) is 4.79 Å². The quantitative estimate of drug-likeness (QED) is 0.177. The van der Waals surface area contributed by atoms with Gasteiger partial charge in [0, 0.05) is 34.1 Å². The maximum atomic E-state index is 13.0. The summed E-state index contributed by atoms with van der Waals surface area (Å²) in [6.45, 7) is 7.28. The number of carbonyl (C=O) groups is 1. The van der Waals surface area contributed by atoms with Gasteiger partial charge in [-0.15, -0.1) is 0 Å². The first-order valence-electron chi connectivity index (χ1n) is 11.3. The molecule has 0 saturated carbocycles. The van der Waals surface area contributed by atoms with Gasteiger partial charge in [0.2, 0.25) is 0 Å². The van der Waals surface area contributed by atoms with Crippen molar-refractivity contribution in [1.82, 2.24) is 5.32 Å². The van der Waals surface area contributed by atoms with E-state index in [4.69, 9.17) is 23.8 Å². The molecule has 3 nitrogen and oxygen atoms in total. The van der Waals surface area contributed by atoms with Crippen molar-refractivity contribution in [2.24, 2.45) is 0 Å². The number of nitrogens with one attached hydrogen (secondary N) is 2. The maximum absolute atomic E-state index is 13.0. The van der Waals surface area contributed by atoms with E-state index in [0.29, 0.717) is 16.2 Å². The van der Waals surface area contributed by atoms with E-state index in [2.05, 4.69) is 43.5 Å². The Hall–Kier alpha value is -2.34. The first kappa shape index (κ1) is 26.3. The second-order valence-electron chi connectivity index (χ2n) is 9.15. The summed E-state index contributed by atoms with van der Waals surface area (Å²) < 4.78 is 0. The Balaban J connectivity index is 1.43. The van der Waals surface area contributed by atoms with Crippen LogP contribution in [-0.2, 0) is 11.2 Å². The van der Waals surface area contributed by atoms with Crippen LogP contribution in [0.25, 0.3) is 0 Å². The molecule has 0 aliphatic heterocycles. The number of anilines is 1. The lowest BCUT2D eigenvalue weighted by atomic mass is 9.86. The molecule has 0 amide bonds. The molecule has 0 radical (unpaired) electrons. The van der Waals surface area contributed by atoms with Gasteiger partial charge in [-0.1, -0.05) is 80.9 Å². The van der Waals surface area contributed by atoms with Gasteiger partial charge in [-0.2, -0.15) is 11.8 Å². The summed E-state index contributed by atoms with van der Waals surface area (Å²) >= 11 is 13.2. The summed E-state index contributed by atoms with van der Waals surface area (Å²) in [6, 6.07) is 23.3. The highest BCUT2D eigenvalue weighted by Gasteiger charge is 2.15. The lowest BCUT2D eigenvalue weighted by Gasteiger charge is -2.19. The molecule has 0 aliphatic carbocycles. The largest absolute Gasteiger partial charge is 0.362 e. The minimum absolute atomic E-state index is 0.000647. The number of thiocarbonyl (C=S) groups is 1. The van der Waals surface area contributed by atoms with Crippen LogP contribution in [0, 0.1) is 0 Å². The highest BCUT2D eigenvalue weighted by atomic mass is 35.5. The molecule has 3 aromatic carbocycles. The number of benzene rings is 3. The zero-order valence-corrected chi connectivity index (χ0v) is 22.2. The highest BCUT2D eigenvalue weighted by molar-refractivity contribution is 7.98. The average Bonchev–Trinajstić information content (AvgIpc) is 2.81. The molecule has 0 atom stereocenters. The fraction of sp³-hybridized carbons (Fsp3) is 0.286. The van der Waals surface area contributed by atoms with Gasteiger partial charge < -0.3 is 10.6 Å². The molecule has 0 heterocycles. The molecule has 0 aliphatic rings. The van der Waals surface area contributed by atoms with Gasteiger partial charge in [0.1, 0.15) is 0 Å². The third-order valence-electron chi connectivity index (χ3n) is 5.33. The Morgan fingerprint density at radius 2 is 1.68 bits per heavy atom. The molecule has 6 heteroatoms. The lowest BCUT2D eigenvalue weighted by Crippen LogP contribution is -2.29. The molecule has 3 aromatic rings. The third-order valence-corrected chi connectivity index (χ3v) is 6.94. The van der Waals surface area contributed by atoms with Crippen molar-refractivity contribution < 1.29 is 4.79 Å². The minimum atomic E-state index is 0.000647. The molecule has 0 saturated heterocycles. The van der Waals surface area contributed by atoms with Crippen LogP contribution < -0.4 is 10.6 Å². The van der Waals surface area contributed by atoms with Crippen LogP contribution in [0.5, 0.6) is 0 Å². The molecule has 2 N–H and O–H groups in total. The second-order valence-corrected chi connectivity index (χ2v) is 11.1. The third kappa shape index (κ3) is 8.15. The van der Waals surface area contributed by atoms with Crippen LogP contribution in [-0.4, -0.2) is 23.2 Å². The zero-order chi connectivity index (χ0) is 24.6. The summed E-state index contributed by atoms with van der Waals surface area (Å²) in [5.41, 5.74) is 4.66. The minimum Gasteiger partial charge on any atom is -0.362 e. The molecular weight excluding hydrogens is 480 g/mol. The van der Waals surface area contributed by atoms with Crippen LogP contribution in [0.2, 0.25) is 5.02 Å². The van der Waals surface area contributed by atoms with Crippen LogP contribution in [0.4, 0.5) is 5.69 Å². The van der Waals surface area contributed by atoms with Crippen LogP contribution in [0.15, 0.2) is 72.8 Å². The summed E-state index contributed by atoms with van der Waals surface area (Å²) in [7, 11) is 0. The molecule has 0 unspecified atom stereocenters. The highest BCUT2D eigenvalue weighted by Crippen LogP contribution is 2.23. The van der Waals surface area contributed by atoms with Crippen molar-refractivity contribution in [3.63, 3.8) is 0 Å². The molecule has 0 fully saturated rings. The zero-order valence-electron chi connectivity index (χ0n) is 19.9. The second kappa shape index (κ2) is 12.4. The van der Waals surface area contributed by atoms with Gasteiger partial charge in [-0.05, 0) is 65.2 Å². The molecule has 0 bridgehead atoms. The number of ketones is 1. The number of hydrogen-bond acceptors (Lipinski definition) is 3.